The van der Waals surface area contributed by atoms with Gasteiger partial charge in [-0.2, -0.15) is 0 Å². The highest BCUT2D eigenvalue weighted by Crippen LogP contribution is 2.30. The smallest absolute Gasteiger partial charge is 0.139 e. The van der Waals surface area contributed by atoms with Crippen molar-refractivity contribution in [2.75, 3.05) is 0 Å². The van der Waals surface area contributed by atoms with Crippen molar-refractivity contribution in [3.05, 3.63) is 72.7 Å². The van der Waals surface area contributed by atoms with Gasteiger partial charge in [-0.3, -0.25) is 4.98 Å². The quantitative estimate of drug-likeness (QED) is 0.747. The van der Waals surface area contributed by atoms with Crippen LogP contribution >= 0.6 is 0 Å². The Morgan fingerprint density at radius 3 is 2.50 bits per heavy atom. The summed E-state index contributed by atoms with van der Waals surface area (Å²) in [7, 11) is 0. The maximum absolute atomic E-state index is 4.65. The molecule has 0 saturated heterocycles. The Bertz CT molecular complexity index is 814. The van der Waals surface area contributed by atoms with Crippen molar-refractivity contribution in [3.63, 3.8) is 0 Å². The molecule has 2 heterocycles. The minimum absolute atomic E-state index is 0.823. The molecule has 0 atom stereocenters. The molecule has 0 fully saturated rings. The summed E-state index contributed by atoms with van der Waals surface area (Å²) in [4.78, 5) is 12.5. The number of allylic oxidation sites excluding steroid dienone is 1. The standard InChI is InChI=1S/C19H17N3/c1-3-9-18-16(4-2)21-19(22-18)15-11-6-5-10-14(15)17-12-7-8-13-20-17/h3-13H,2H2,1H3,(H,21,22)/b9-3-. The first-order valence-corrected chi connectivity index (χ1v) is 7.19. The van der Waals surface area contributed by atoms with Gasteiger partial charge in [0, 0.05) is 17.3 Å². The van der Waals surface area contributed by atoms with Crippen molar-refractivity contribution in [1.29, 1.82) is 0 Å². The van der Waals surface area contributed by atoms with Crippen molar-refractivity contribution < 1.29 is 0 Å². The highest BCUT2D eigenvalue weighted by molar-refractivity contribution is 5.80. The number of hydrogen-bond acceptors (Lipinski definition) is 2. The third-order valence-electron chi connectivity index (χ3n) is 3.41. The summed E-state index contributed by atoms with van der Waals surface area (Å²) in [6.07, 6.45) is 7.54. The monoisotopic (exact) mass is 287 g/mol. The van der Waals surface area contributed by atoms with Gasteiger partial charge in [-0.25, -0.2) is 4.98 Å². The Labute approximate surface area is 130 Å². The molecule has 22 heavy (non-hydrogen) atoms. The van der Waals surface area contributed by atoms with E-state index in [2.05, 4.69) is 33.7 Å². The molecule has 3 heteroatoms. The summed E-state index contributed by atoms with van der Waals surface area (Å²) in [5.74, 6) is 0.823. The first kappa shape index (κ1) is 14.0. The molecular formula is C19H17N3. The summed E-state index contributed by atoms with van der Waals surface area (Å²) in [6.45, 7) is 5.81. The molecular weight excluding hydrogens is 270 g/mol. The molecule has 0 aliphatic rings. The fourth-order valence-electron chi connectivity index (χ4n) is 2.41. The Kier molecular flexibility index (Phi) is 3.97. The van der Waals surface area contributed by atoms with Crippen molar-refractivity contribution in [3.8, 4) is 22.6 Å². The van der Waals surface area contributed by atoms with Gasteiger partial charge in [-0.1, -0.05) is 43.0 Å². The topological polar surface area (TPSA) is 41.6 Å². The van der Waals surface area contributed by atoms with Gasteiger partial charge in [-0.15, -0.1) is 0 Å². The van der Waals surface area contributed by atoms with Gasteiger partial charge in [0.25, 0.3) is 0 Å². The van der Waals surface area contributed by atoms with Gasteiger partial charge >= 0.3 is 0 Å². The summed E-state index contributed by atoms with van der Waals surface area (Å²) >= 11 is 0. The van der Waals surface area contributed by atoms with Crippen LogP contribution in [0.25, 0.3) is 34.8 Å². The molecule has 3 aromatic rings. The van der Waals surface area contributed by atoms with Crippen LogP contribution < -0.4 is 0 Å². The minimum atomic E-state index is 0.823. The number of aromatic amines is 1. The summed E-state index contributed by atoms with van der Waals surface area (Å²) < 4.78 is 0. The highest BCUT2D eigenvalue weighted by atomic mass is 14.9. The predicted molar refractivity (Wildman–Crippen MR) is 92.1 cm³/mol. The zero-order valence-corrected chi connectivity index (χ0v) is 12.5. The third kappa shape index (κ3) is 2.61. The molecule has 2 aromatic heterocycles. The van der Waals surface area contributed by atoms with E-state index in [-0.39, 0.29) is 0 Å². The number of pyridine rings is 1. The lowest BCUT2D eigenvalue weighted by Gasteiger charge is -2.06. The van der Waals surface area contributed by atoms with Gasteiger partial charge in [0.2, 0.25) is 0 Å². The minimum Gasteiger partial charge on any atom is -0.338 e. The molecule has 0 aliphatic heterocycles. The van der Waals surface area contributed by atoms with Crippen LogP contribution in [0, 0.1) is 0 Å². The number of nitrogens with one attached hydrogen (secondary N) is 1. The first-order valence-electron chi connectivity index (χ1n) is 7.19. The fraction of sp³-hybridized carbons (Fsp3) is 0.0526. The number of H-pyrrole nitrogens is 1. The third-order valence-corrected chi connectivity index (χ3v) is 3.41. The van der Waals surface area contributed by atoms with Crippen LogP contribution in [0.1, 0.15) is 18.3 Å². The Hall–Kier alpha value is -2.94. The fourth-order valence-corrected chi connectivity index (χ4v) is 2.41. The molecule has 0 saturated carbocycles. The van der Waals surface area contributed by atoms with Gasteiger partial charge < -0.3 is 4.98 Å². The molecule has 0 unspecified atom stereocenters. The summed E-state index contributed by atoms with van der Waals surface area (Å²) in [6, 6.07) is 14.0. The van der Waals surface area contributed by atoms with Gasteiger partial charge in [0.15, 0.2) is 0 Å². The van der Waals surface area contributed by atoms with Crippen LogP contribution in [0.15, 0.2) is 61.3 Å². The molecule has 0 amide bonds. The molecule has 0 spiro atoms. The van der Waals surface area contributed by atoms with E-state index in [9.17, 15) is 0 Å². The number of hydrogen-bond donors (Lipinski definition) is 1. The number of imidazole rings is 1. The van der Waals surface area contributed by atoms with Crippen LogP contribution in [-0.2, 0) is 0 Å². The maximum Gasteiger partial charge on any atom is 0.139 e. The lowest BCUT2D eigenvalue weighted by atomic mass is 10.0. The second-order valence-electron chi connectivity index (χ2n) is 4.85. The van der Waals surface area contributed by atoms with Crippen molar-refractivity contribution in [2.45, 2.75) is 6.92 Å². The normalized spacial score (nSPS) is 11.0. The Morgan fingerprint density at radius 1 is 1.05 bits per heavy atom. The lowest BCUT2D eigenvalue weighted by molar-refractivity contribution is 1.28. The molecule has 0 bridgehead atoms. The molecule has 108 valence electrons. The second-order valence-corrected chi connectivity index (χ2v) is 4.85. The van der Waals surface area contributed by atoms with E-state index in [0.29, 0.717) is 0 Å². The summed E-state index contributed by atoms with van der Waals surface area (Å²) in [5.41, 5.74) is 4.83. The Morgan fingerprint density at radius 2 is 1.82 bits per heavy atom. The molecule has 1 aromatic carbocycles. The number of benzene rings is 1. The van der Waals surface area contributed by atoms with Crippen LogP contribution in [0.4, 0.5) is 0 Å². The van der Waals surface area contributed by atoms with E-state index < -0.39 is 0 Å². The molecule has 0 aliphatic carbocycles. The number of aromatic nitrogens is 3. The first-order chi connectivity index (χ1) is 10.8. The predicted octanol–water partition coefficient (Wildman–Crippen LogP) is 4.81. The maximum atomic E-state index is 4.65. The zero-order chi connectivity index (χ0) is 15.4. The van der Waals surface area contributed by atoms with Gasteiger partial charge in [0.05, 0.1) is 17.1 Å². The van der Waals surface area contributed by atoms with Gasteiger partial charge in [0.1, 0.15) is 5.82 Å². The van der Waals surface area contributed by atoms with Crippen LogP contribution in [-0.4, -0.2) is 15.0 Å². The van der Waals surface area contributed by atoms with Crippen LogP contribution in [0.5, 0.6) is 0 Å². The molecule has 1 N–H and O–H groups in total. The van der Waals surface area contributed by atoms with E-state index in [1.807, 2.05) is 49.4 Å². The average molecular weight is 287 g/mol. The molecule has 3 nitrogen and oxygen atoms in total. The highest BCUT2D eigenvalue weighted by Gasteiger charge is 2.12. The van der Waals surface area contributed by atoms with Crippen LogP contribution in [0.2, 0.25) is 0 Å². The molecule has 0 radical (unpaired) electrons. The SMILES string of the molecule is C=Cc1nc(-c2ccccc2-c2ccccn2)[nH]c1/C=C\C. The van der Waals surface area contributed by atoms with Crippen LogP contribution in [0.3, 0.4) is 0 Å². The number of rotatable bonds is 4. The number of nitrogens with zero attached hydrogens (tertiary/aromatic N) is 2. The second kappa shape index (κ2) is 6.22. The largest absolute Gasteiger partial charge is 0.338 e. The van der Waals surface area contributed by atoms with E-state index in [1.165, 1.54) is 0 Å². The van der Waals surface area contributed by atoms with Crippen molar-refractivity contribution in [2.24, 2.45) is 0 Å². The van der Waals surface area contributed by atoms with Crippen molar-refractivity contribution in [1.82, 2.24) is 15.0 Å². The van der Waals surface area contributed by atoms with E-state index in [4.69, 9.17) is 0 Å². The zero-order valence-electron chi connectivity index (χ0n) is 12.5. The average Bonchev–Trinajstić information content (AvgIpc) is 2.99. The molecule has 3 rings (SSSR count). The Balaban J connectivity index is 2.16. The van der Waals surface area contributed by atoms with E-state index >= 15 is 0 Å². The van der Waals surface area contributed by atoms with E-state index in [0.717, 1.165) is 34.0 Å². The van der Waals surface area contributed by atoms with Gasteiger partial charge in [-0.05, 0) is 31.2 Å². The summed E-state index contributed by atoms with van der Waals surface area (Å²) in [5, 5.41) is 0. The van der Waals surface area contributed by atoms with E-state index in [1.54, 1.807) is 12.3 Å². The van der Waals surface area contributed by atoms with Crippen molar-refractivity contribution >= 4 is 12.2 Å². The lowest BCUT2D eigenvalue weighted by Crippen LogP contribution is -1.88.